The van der Waals surface area contributed by atoms with E-state index < -0.39 is 5.54 Å². The maximum atomic E-state index is 12.6. The molecule has 2 aromatic carbocycles. The summed E-state index contributed by atoms with van der Waals surface area (Å²) in [5, 5.41) is 22.4. The molecule has 0 radical (unpaired) electrons. The summed E-state index contributed by atoms with van der Waals surface area (Å²) in [6.07, 6.45) is 1.95. The minimum absolute atomic E-state index is 0.147. The number of halogens is 1. The molecule has 1 unspecified atom stereocenters. The van der Waals surface area contributed by atoms with Crippen LogP contribution in [0.1, 0.15) is 25.3 Å². The smallest absolute Gasteiger partial charge is 0.231 e. The van der Waals surface area contributed by atoms with Crippen LogP contribution in [0, 0.1) is 24.2 Å². The first kappa shape index (κ1) is 21.4. The van der Waals surface area contributed by atoms with E-state index in [1.54, 1.807) is 6.92 Å². The minimum Gasteiger partial charge on any atom is -0.337 e. The monoisotopic (exact) mass is 451 g/mol. The standard InChI is InChI=1S/C23H22ClN5OS/c1-15-3-11-19(12-4-15)29-21(16-5-9-18(24)10-6-16)27-28-22(29)31-13-20(30)26-23(2,14-25)17-7-8-17/h3-6,9-12,17H,7-8,13H2,1-2H3,(H,26,30). The van der Waals surface area contributed by atoms with Crippen LogP contribution in [0.5, 0.6) is 0 Å². The van der Waals surface area contributed by atoms with Crippen molar-refractivity contribution in [3.05, 3.63) is 59.1 Å². The molecule has 158 valence electrons. The number of nitrogens with one attached hydrogen (secondary N) is 1. The van der Waals surface area contributed by atoms with Gasteiger partial charge >= 0.3 is 0 Å². The van der Waals surface area contributed by atoms with E-state index in [1.807, 2.05) is 60.0 Å². The van der Waals surface area contributed by atoms with Gasteiger partial charge in [0.1, 0.15) is 5.54 Å². The van der Waals surface area contributed by atoms with Crippen molar-refractivity contribution in [3.8, 4) is 23.1 Å². The molecule has 0 aliphatic heterocycles. The minimum atomic E-state index is -0.809. The molecule has 1 aliphatic rings. The van der Waals surface area contributed by atoms with Gasteiger partial charge in [-0.1, -0.05) is 41.1 Å². The number of carbonyl (C=O) groups is 1. The second-order valence-corrected chi connectivity index (χ2v) is 9.29. The number of aromatic nitrogens is 3. The van der Waals surface area contributed by atoms with E-state index in [1.165, 1.54) is 11.8 Å². The van der Waals surface area contributed by atoms with Crippen LogP contribution in [0.15, 0.2) is 53.7 Å². The number of benzene rings is 2. The van der Waals surface area contributed by atoms with Gasteiger partial charge < -0.3 is 5.32 Å². The average Bonchev–Trinajstić information content (AvgIpc) is 3.54. The Morgan fingerprint density at radius 2 is 1.90 bits per heavy atom. The molecule has 1 fully saturated rings. The fourth-order valence-corrected chi connectivity index (χ4v) is 4.29. The Bertz CT molecular complexity index is 1130. The van der Waals surface area contributed by atoms with Crippen molar-refractivity contribution in [3.63, 3.8) is 0 Å². The van der Waals surface area contributed by atoms with Crippen LogP contribution >= 0.6 is 23.4 Å². The van der Waals surface area contributed by atoms with E-state index >= 15 is 0 Å². The van der Waals surface area contributed by atoms with Gasteiger partial charge in [0, 0.05) is 16.3 Å². The Balaban J connectivity index is 1.60. The van der Waals surface area contributed by atoms with Gasteiger partial charge in [-0.25, -0.2) is 0 Å². The third kappa shape index (κ3) is 4.76. The first-order valence-electron chi connectivity index (χ1n) is 10.0. The molecule has 31 heavy (non-hydrogen) atoms. The van der Waals surface area contributed by atoms with Gasteiger partial charge in [-0.05, 0) is 69.0 Å². The van der Waals surface area contributed by atoms with Gasteiger partial charge in [-0.2, -0.15) is 5.26 Å². The van der Waals surface area contributed by atoms with Crippen LogP contribution in [0.4, 0.5) is 0 Å². The molecular formula is C23H22ClN5OS. The number of hydrogen-bond donors (Lipinski definition) is 1. The average molecular weight is 452 g/mol. The van der Waals surface area contributed by atoms with Crippen LogP contribution < -0.4 is 5.32 Å². The quantitative estimate of drug-likeness (QED) is 0.522. The summed E-state index contributed by atoms with van der Waals surface area (Å²) in [7, 11) is 0. The summed E-state index contributed by atoms with van der Waals surface area (Å²) in [4.78, 5) is 12.6. The zero-order valence-corrected chi connectivity index (χ0v) is 18.9. The molecular weight excluding hydrogens is 430 g/mol. The summed E-state index contributed by atoms with van der Waals surface area (Å²) in [6, 6.07) is 17.7. The highest BCUT2D eigenvalue weighted by molar-refractivity contribution is 7.99. The van der Waals surface area contributed by atoms with Crippen molar-refractivity contribution < 1.29 is 4.79 Å². The first-order chi connectivity index (χ1) is 14.9. The Morgan fingerprint density at radius 1 is 1.23 bits per heavy atom. The number of rotatable bonds is 7. The Labute approximate surface area is 190 Å². The molecule has 1 aromatic heterocycles. The summed E-state index contributed by atoms with van der Waals surface area (Å²) in [5.74, 6) is 0.865. The number of aryl methyl sites for hydroxylation is 1. The lowest BCUT2D eigenvalue weighted by Crippen LogP contribution is -2.47. The molecule has 4 rings (SSSR count). The molecule has 6 nitrogen and oxygen atoms in total. The van der Waals surface area contributed by atoms with Crippen molar-refractivity contribution in [2.24, 2.45) is 5.92 Å². The molecule has 0 bridgehead atoms. The van der Waals surface area contributed by atoms with Gasteiger partial charge in [0.05, 0.1) is 11.8 Å². The first-order valence-corrected chi connectivity index (χ1v) is 11.4. The number of nitrogens with zero attached hydrogens (tertiary/aromatic N) is 4. The highest BCUT2D eigenvalue weighted by atomic mass is 35.5. The summed E-state index contributed by atoms with van der Waals surface area (Å²) in [5.41, 5.74) is 2.12. The number of carbonyl (C=O) groups excluding carboxylic acids is 1. The fraction of sp³-hybridized carbons (Fsp3) is 0.304. The lowest BCUT2D eigenvalue weighted by molar-refractivity contribution is -0.119. The van der Waals surface area contributed by atoms with Gasteiger partial charge in [0.25, 0.3) is 0 Å². The van der Waals surface area contributed by atoms with E-state index in [0.29, 0.717) is 16.0 Å². The lowest BCUT2D eigenvalue weighted by Gasteiger charge is -2.22. The van der Waals surface area contributed by atoms with E-state index in [2.05, 4.69) is 21.6 Å². The summed E-state index contributed by atoms with van der Waals surface area (Å²) in [6.45, 7) is 3.82. The Kier molecular flexibility index (Phi) is 6.03. The summed E-state index contributed by atoms with van der Waals surface area (Å²) < 4.78 is 1.94. The molecule has 1 amide bonds. The van der Waals surface area contributed by atoms with E-state index in [0.717, 1.165) is 29.7 Å². The zero-order valence-electron chi connectivity index (χ0n) is 17.3. The predicted molar refractivity (Wildman–Crippen MR) is 122 cm³/mol. The fourth-order valence-electron chi connectivity index (χ4n) is 3.41. The van der Waals surface area contributed by atoms with E-state index in [4.69, 9.17) is 11.6 Å². The molecule has 0 saturated heterocycles. The topological polar surface area (TPSA) is 83.6 Å². The van der Waals surface area contributed by atoms with Gasteiger partial charge in [0.2, 0.25) is 5.91 Å². The molecule has 1 aliphatic carbocycles. The highest BCUT2D eigenvalue weighted by Crippen LogP contribution is 2.39. The van der Waals surface area contributed by atoms with E-state index in [9.17, 15) is 10.1 Å². The predicted octanol–water partition coefficient (Wildman–Crippen LogP) is 4.80. The third-order valence-corrected chi connectivity index (χ3v) is 6.57. The summed E-state index contributed by atoms with van der Waals surface area (Å²) >= 11 is 7.34. The Morgan fingerprint density at radius 3 is 2.52 bits per heavy atom. The van der Waals surface area contributed by atoms with Crippen LogP contribution in [0.3, 0.4) is 0 Å². The molecule has 0 spiro atoms. The number of thioether (sulfide) groups is 1. The van der Waals surface area contributed by atoms with Crippen molar-refractivity contribution in [1.82, 2.24) is 20.1 Å². The second kappa shape index (κ2) is 8.74. The molecule has 1 heterocycles. The number of nitriles is 1. The van der Waals surface area contributed by atoms with Crippen LogP contribution in [-0.2, 0) is 4.79 Å². The molecule has 1 N–H and O–H groups in total. The van der Waals surface area contributed by atoms with Crippen LogP contribution in [-0.4, -0.2) is 32.0 Å². The maximum absolute atomic E-state index is 12.6. The van der Waals surface area contributed by atoms with Crippen LogP contribution in [0.2, 0.25) is 5.02 Å². The molecule has 1 atom stereocenters. The van der Waals surface area contributed by atoms with E-state index in [-0.39, 0.29) is 17.6 Å². The van der Waals surface area contributed by atoms with Crippen molar-refractivity contribution in [2.75, 3.05) is 5.75 Å². The lowest BCUT2D eigenvalue weighted by atomic mass is 9.98. The normalized spacial score (nSPS) is 15.2. The van der Waals surface area contributed by atoms with Gasteiger partial charge in [0.15, 0.2) is 11.0 Å². The second-order valence-electron chi connectivity index (χ2n) is 7.91. The van der Waals surface area contributed by atoms with Gasteiger partial charge in [-0.15, -0.1) is 10.2 Å². The third-order valence-electron chi connectivity index (χ3n) is 5.39. The molecule has 1 saturated carbocycles. The largest absolute Gasteiger partial charge is 0.337 e. The van der Waals surface area contributed by atoms with Crippen molar-refractivity contribution in [2.45, 2.75) is 37.4 Å². The van der Waals surface area contributed by atoms with Crippen molar-refractivity contribution in [1.29, 1.82) is 5.26 Å². The van der Waals surface area contributed by atoms with Crippen LogP contribution in [0.25, 0.3) is 17.1 Å². The molecule has 3 aromatic rings. The molecule has 8 heteroatoms. The number of hydrogen-bond acceptors (Lipinski definition) is 5. The Hall–Kier alpha value is -2.82. The maximum Gasteiger partial charge on any atom is 0.231 e. The van der Waals surface area contributed by atoms with Crippen molar-refractivity contribution >= 4 is 29.3 Å². The highest BCUT2D eigenvalue weighted by Gasteiger charge is 2.43. The number of amides is 1. The zero-order chi connectivity index (χ0) is 22.0. The SMILES string of the molecule is Cc1ccc(-n2c(SCC(=O)NC(C)(C#N)C3CC3)nnc2-c2ccc(Cl)cc2)cc1. The van der Waals surface area contributed by atoms with Gasteiger partial charge in [-0.3, -0.25) is 9.36 Å².